The van der Waals surface area contributed by atoms with Gasteiger partial charge in [-0.1, -0.05) is 0 Å². The Bertz CT molecular complexity index is 379. The van der Waals surface area contributed by atoms with Crippen LogP contribution in [0.3, 0.4) is 0 Å². The number of ether oxygens (including phenoxy) is 1. The molecule has 0 aromatic heterocycles. The zero-order chi connectivity index (χ0) is 11.4. The van der Waals surface area contributed by atoms with E-state index in [1.54, 1.807) is 0 Å². The molecule has 0 heterocycles. The maximum atomic E-state index is 11.2. The van der Waals surface area contributed by atoms with Gasteiger partial charge >= 0.3 is 6.09 Å². The predicted octanol–water partition coefficient (Wildman–Crippen LogP) is 0.978. The second kappa shape index (κ2) is 4.76. The van der Waals surface area contributed by atoms with Gasteiger partial charge in [-0.3, -0.25) is 4.55 Å². The summed E-state index contributed by atoms with van der Waals surface area (Å²) in [7, 11) is 1.12. The fraction of sp³-hybridized carbons (Fsp3) is 0.125. The van der Waals surface area contributed by atoms with E-state index in [4.69, 9.17) is 10.3 Å². The number of amides is 1. The first-order valence-electron chi connectivity index (χ1n) is 3.91. The van der Waals surface area contributed by atoms with Crippen molar-refractivity contribution in [3.8, 4) is 0 Å². The van der Waals surface area contributed by atoms with Crippen LogP contribution in [-0.2, 0) is 16.0 Å². The Balaban J connectivity index is 3.04. The maximum Gasteiger partial charge on any atom is 0.428 e. The number of nitrogens with two attached hydrogens (primary N) is 1. The Morgan fingerprint density at radius 1 is 1.47 bits per heavy atom. The minimum Gasteiger partial charge on any atom is -0.452 e. The highest BCUT2D eigenvalue weighted by Crippen LogP contribution is 2.18. The number of nitrogens with zero attached hydrogens (tertiary/aromatic N) is 1. The third-order valence-electron chi connectivity index (χ3n) is 1.62. The molecule has 7 heteroatoms. The van der Waals surface area contributed by atoms with E-state index in [0.717, 1.165) is 7.11 Å². The molecular formula is C8H10N2O4S. The molecule has 0 aliphatic rings. The Hall–Kier alpha value is -1.60. The lowest BCUT2D eigenvalue weighted by molar-refractivity contribution is 0.183. The summed E-state index contributed by atoms with van der Waals surface area (Å²) in [5.41, 5.74) is 6.16. The number of benzene rings is 1. The molecule has 1 atom stereocenters. The van der Waals surface area contributed by atoms with E-state index < -0.39 is 17.4 Å². The van der Waals surface area contributed by atoms with Crippen molar-refractivity contribution in [1.29, 1.82) is 0 Å². The van der Waals surface area contributed by atoms with Gasteiger partial charge in [-0.2, -0.15) is 4.31 Å². The van der Waals surface area contributed by atoms with Crippen LogP contribution >= 0.6 is 0 Å². The number of rotatable bonds is 2. The zero-order valence-electron chi connectivity index (χ0n) is 7.91. The number of anilines is 2. The van der Waals surface area contributed by atoms with Crippen molar-refractivity contribution >= 4 is 28.7 Å². The van der Waals surface area contributed by atoms with Crippen LogP contribution in [0.1, 0.15) is 0 Å². The van der Waals surface area contributed by atoms with Gasteiger partial charge in [0.1, 0.15) is 0 Å². The molecule has 82 valence electrons. The summed E-state index contributed by atoms with van der Waals surface area (Å²) < 4.78 is 24.8. The van der Waals surface area contributed by atoms with Gasteiger partial charge in [0.25, 0.3) is 11.3 Å². The Morgan fingerprint density at radius 3 is 2.40 bits per heavy atom. The number of methoxy groups -OCH3 is 1. The van der Waals surface area contributed by atoms with Crippen molar-refractivity contribution in [2.24, 2.45) is 0 Å². The average molecular weight is 230 g/mol. The summed E-state index contributed by atoms with van der Waals surface area (Å²) in [6.07, 6.45) is -0.916. The van der Waals surface area contributed by atoms with E-state index >= 15 is 0 Å². The molecule has 1 aromatic carbocycles. The van der Waals surface area contributed by atoms with Gasteiger partial charge < -0.3 is 10.5 Å². The molecule has 15 heavy (non-hydrogen) atoms. The summed E-state index contributed by atoms with van der Waals surface area (Å²) in [4.78, 5) is 11.2. The Kier molecular flexibility index (Phi) is 3.64. The van der Waals surface area contributed by atoms with Crippen LogP contribution in [0.15, 0.2) is 24.3 Å². The molecule has 6 nitrogen and oxygen atoms in total. The minimum absolute atomic E-state index is 0.233. The van der Waals surface area contributed by atoms with Crippen LogP contribution in [-0.4, -0.2) is 22.0 Å². The predicted molar refractivity (Wildman–Crippen MR) is 56.5 cm³/mol. The van der Waals surface area contributed by atoms with Gasteiger partial charge in [0, 0.05) is 5.69 Å². The lowest BCUT2D eigenvalue weighted by Gasteiger charge is -2.15. The molecule has 0 spiro atoms. The Morgan fingerprint density at radius 2 is 2.00 bits per heavy atom. The van der Waals surface area contributed by atoms with Crippen LogP contribution in [0.4, 0.5) is 16.2 Å². The van der Waals surface area contributed by atoms with Gasteiger partial charge in [0.15, 0.2) is 0 Å². The molecular weight excluding hydrogens is 220 g/mol. The van der Waals surface area contributed by atoms with Gasteiger partial charge in [-0.05, 0) is 24.3 Å². The first kappa shape index (κ1) is 11.5. The lowest BCUT2D eigenvalue weighted by Crippen LogP contribution is -2.32. The second-order valence-corrected chi connectivity index (χ2v) is 3.41. The van der Waals surface area contributed by atoms with E-state index in [0.29, 0.717) is 9.99 Å². The molecule has 1 unspecified atom stereocenters. The molecule has 1 amide bonds. The minimum atomic E-state index is -2.47. The molecule has 0 aliphatic heterocycles. The smallest absolute Gasteiger partial charge is 0.428 e. The summed E-state index contributed by atoms with van der Waals surface area (Å²) in [6, 6.07) is 5.91. The van der Waals surface area contributed by atoms with Crippen LogP contribution in [0, 0.1) is 0 Å². The van der Waals surface area contributed by atoms with Crippen molar-refractivity contribution in [3.05, 3.63) is 24.3 Å². The van der Waals surface area contributed by atoms with Crippen molar-refractivity contribution in [2.45, 2.75) is 0 Å². The molecule has 0 aliphatic carbocycles. The van der Waals surface area contributed by atoms with Crippen LogP contribution in [0.2, 0.25) is 0 Å². The summed E-state index contributed by atoms with van der Waals surface area (Å²) in [5, 5.41) is 0. The maximum absolute atomic E-state index is 11.2. The van der Waals surface area contributed by atoms with Crippen molar-refractivity contribution in [3.63, 3.8) is 0 Å². The molecule has 1 aromatic rings. The van der Waals surface area contributed by atoms with E-state index in [1.807, 2.05) is 0 Å². The number of hydrogen-bond donors (Lipinski definition) is 2. The SMILES string of the molecule is COC(=O)N(c1ccc(N)cc1)S(=O)O. The monoisotopic (exact) mass is 230 g/mol. The van der Waals surface area contributed by atoms with E-state index in [9.17, 15) is 9.00 Å². The number of nitrogen functional groups attached to an aromatic ring is 1. The standard InChI is InChI=1S/C8H10N2O4S/c1-14-8(11)10(15(12)13)7-4-2-6(9)3-5-7/h2-5H,9H2,1H3,(H,12,13). The third-order valence-corrected chi connectivity index (χ3v) is 2.30. The quantitative estimate of drug-likeness (QED) is 0.583. The largest absolute Gasteiger partial charge is 0.452 e. The summed E-state index contributed by atoms with van der Waals surface area (Å²) >= 11 is -2.47. The topological polar surface area (TPSA) is 92.9 Å². The highest BCUT2D eigenvalue weighted by molar-refractivity contribution is 7.81. The fourth-order valence-electron chi connectivity index (χ4n) is 0.952. The van der Waals surface area contributed by atoms with E-state index in [1.165, 1.54) is 24.3 Å². The third kappa shape index (κ3) is 2.67. The first-order valence-corrected chi connectivity index (χ1v) is 4.97. The van der Waals surface area contributed by atoms with Crippen molar-refractivity contribution < 1.29 is 18.3 Å². The second-order valence-electron chi connectivity index (χ2n) is 2.59. The average Bonchev–Trinajstić information content (AvgIpc) is 2.20. The van der Waals surface area contributed by atoms with Crippen LogP contribution < -0.4 is 10.0 Å². The van der Waals surface area contributed by atoms with Crippen molar-refractivity contribution in [2.75, 3.05) is 17.1 Å². The Labute approximate surface area is 89.0 Å². The lowest BCUT2D eigenvalue weighted by atomic mass is 10.3. The number of carbonyl (C=O) groups excluding carboxylic acids is 1. The van der Waals surface area contributed by atoms with Crippen LogP contribution in [0.25, 0.3) is 0 Å². The molecule has 1 rings (SSSR count). The number of hydrogen-bond acceptors (Lipinski definition) is 4. The summed E-state index contributed by atoms with van der Waals surface area (Å²) in [6.45, 7) is 0. The van der Waals surface area contributed by atoms with Gasteiger partial charge in [0.2, 0.25) is 0 Å². The normalized spacial score (nSPS) is 11.9. The summed E-state index contributed by atoms with van der Waals surface area (Å²) in [5.74, 6) is 0. The van der Waals surface area contributed by atoms with Crippen LogP contribution in [0.5, 0.6) is 0 Å². The molecule has 3 N–H and O–H groups in total. The van der Waals surface area contributed by atoms with Gasteiger partial charge in [-0.25, -0.2) is 9.00 Å². The first-order chi connectivity index (χ1) is 7.06. The van der Waals surface area contributed by atoms with E-state index in [2.05, 4.69) is 4.74 Å². The highest BCUT2D eigenvalue weighted by atomic mass is 32.2. The molecule has 0 saturated heterocycles. The molecule has 0 fully saturated rings. The fourth-order valence-corrected chi connectivity index (χ4v) is 1.46. The molecule has 0 saturated carbocycles. The molecule has 0 bridgehead atoms. The molecule has 0 radical (unpaired) electrons. The van der Waals surface area contributed by atoms with Gasteiger partial charge in [0.05, 0.1) is 12.8 Å². The highest BCUT2D eigenvalue weighted by Gasteiger charge is 2.21. The van der Waals surface area contributed by atoms with Crippen molar-refractivity contribution in [1.82, 2.24) is 0 Å². The number of carbonyl (C=O) groups is 1. The zero-order valence-corrected chi connectivity index (χ0v) is 8.73. The van der Waals surface area contributed by atoms with Gasteiger partial charge in [-0.15, -0.1) is 0 Å². The van der Waals surface area contributed by atoms with E-state index in [-0.39, 0.29) is 5.69 Å².